The minimum Gasteiger partial charge on any atom is -0.496 e. The Hall–Kier alpha value is -2.86. The number of ether oxygens (including phenoxy) is 1. The van der Waals surface area contributed by atoms with E-state index in [0.717, 1.165) is 18.7 Å². The molecule has 0 saturated heterocycles. The number of fused-ring (bicyclic) bond motifs is 1. The average molecular weight is 373 g/mol. The van der Waals surface area contributed by atoms with Gasteiger partial charge in [-0.2, -0.15) is 0 Å². The van der Waals surface area contributed by atoms with Gasteiger partial charge in [-0.15, -0.1) is 0 Å². The van der Waals surface area contributed by atoms with Gasteiger partial charge in [0.15, 0.2) is 0 Å². The van der Waals surface area contributed by atoms with Crippen molar-refractivity contribution in [2.45, 2.75) is 26.3 Å². The molecule has 0 bridgehead atoms. The summed E-state index contributed by atoms with van der Waals surface area (Å²) in [6, 6.07) is 13.3. The number of carboxylic acid groups (broad SMARTS) is 2. The van der Waals surface area contributed by atoms with Gasteiger partial charge in [0.1, 0.15) is 5.75 Å². The van der Waals surface area contributed by atoms with Gasteiger partial charge in [0.2, 0.25) is 0 Å². The molecule has 0 aliphatic carbocycles. The van der Waals surface area contributed by atoms with Gasteiger partial charge in [0, 0.05) is 30.1 Å². The Morgan fingerprint density at radius 1 is 1.04 bits per heavy atom. The molecule has 0 fully saturated rings. The second-order valence-electron chi connectivity index (χ2n) is 6.31. The van der Waals surface area contributed by atoms with Crippen LogP contribution in [0.25, 0.3) is 10.8 Å². The Balaban J connectivity index is 0.000000387. The minimum atomic E-state index is -1.26. The van der Waals surface area contributed by atoms with Gasteiger partial charge in [-0.05, 0) is 44.3 Å². The number of carbonyl (C=O) groups is 2. The highest BCUT2D eigenvalue weighted by Crippen LogP contribution is 2.28. The van der Waals surface area contributed by atoms with Crippen LogP contribution in [0.1, 0.15) is 19.4 Å². The van der Waals surface area contributed by atoms with Gasteiger partial charge in [0.25, 0.3) is 0 Å². The van der Waals surface area contributed by atoms with Crippen LogP contribution in [0.2, 0.25) is 0 Å². The number of benzene rings is 2. The molecule has 6 heteroatoms. The van der Waals surface area contributed by atoms with Crippen molar-refractivity contribution in [2.75, 3.05) is 20.7 Å². The first-order chi connectivity index (χ1) is 12.8. The van der Waals surface area contributed by atoms with E-state index in [1.54, 1.807) is 7.11 Å². The summed E-state index contributed by atoms with van der Waals surface area (Å²) in [6.07, 6.45) is 2.18. The molecule has 2 aromatic rings. The molecule has 0 atom stereocenters. The van der Waals surface area contributed by atoms with Gasteiger partial charge >= 0.3 is 11.9 Å². The summed E-state index contributed by atoms with van der Waals surface area (Å²) in [7, 11) is 3.91. The van der Waals surface area contributed by atoms with Crippen LogP contribution in [-0.4, -0.2) is 53.8 Å². The molecular formula is C21H27NO5. The molecule has 0 spiro atoms. The van der Waals surface area contributed by atoms with Gasteiger partial charge in [0.05, 0.1) is 7.11 Å². The van der Waals surface area contributed by atoms with E-state index in [4.69, 9.17) is 14.9 Å². The zero-order valence-electron chi connectivity index (χ0n) is 16.2. The molecule has 0 heterocycles. The lowest BCUT2D eigenvalue weighted by Crippen LogP contribution is -2.28. The Labute approximate surface area is 159 Å². The lowest BCUT2D eigenvalue weighted by Gasteiger charge is -2.21. The van der Waals surface area contributed by atoms with E-state index in [0.29, 0.717) is 18.2 Å². The third-order valence-corrected chi connectivity index (χ3v) is 4.18. The third-order valence-electron chi connectivity index (χ3n) is 4.18. The van der Waals surface area contributed by atoms with Crippen molar-refractivity contribution in [3.8, 4) is 5.75 Å². The van der Waals surface area contributed by atoms with Crippen LogP contribution < -0.4 is 4.74 Å². The summed E-state index contributed by atoms with van der Waals surface area (Å²) in [6.45, 7) is 5.53. The Morgan fingerprint density at radius 2 is 1.59 bits per heavy atom. The highest BCUT2D eigenvalue weighted by atomic mass is 16.5. The molecule has 0 aromatic heterocycles. The Morgan fingerprint density at radius 3 is 2.07 bits per heavy atom. The SMILES string of the molecule is COc1ccc(CCN(C)C(C)C)c2ccccc12.O=C(O)/C=C/C(=O)O. The molecule has 0 aliphatic heterocycles. The van der Waals surface area contributed by atoms with E-state index in [1.807, 2.05) is 0 Å². The fourth-order valence-electron chi connectivity index (χ4n) is 2.43. The third kappa shape index (κ3) is 7.50. The number of rotatable bonds is 7. The predicted octanol–water partition coefficient (Wildman–Crippen LogP) is 3.44. The molecule has 0 amide bonds. The van der Waals surface area contributed by atoms with Crippen LogP contribution in [0.4, 0.5) is 0 Å². The summed E-state index contributed by atoms with van der Waals surface area (Å²) in [5.74, 6) is -1.56. The molecule has 0 unspecified atom stereocenters. The molecule has 2 rings (SSSR count). The topological polar surface area (TPSA) is 87.1 Å². The second-order valence-corrected chi connectivity index (χ2v) is 6.31. The number of hydrogen-bond acceptors (Lipinski definition) is 4. The molecule has 0 radical (unpaired) electrons. The maximum absolute atomic E-state index is 9.55. The van der Waals surface area contributed by atoms with Crippen LogP contribution in [0, 0.1) is 0 Å². The average Bonchev–Trinajstić information content (AvgIpc) is 2.64. The van der Waals surface area contributed by atoms with Crippen LogP contribution in [0.5, 0.6) is 5.75 Å². The number of hydrogen-bond donors (Lipinski definition) is 2. The van der Waals surface area contributed by atoms with E-state index in [2.05, 4.69) is 62.2 Å². The van der Waals surface area contributed by atoms with Crippen molar-refractivity contribution in [1.29, 1.82) is 0 Å². The Bertz CT molecular complexity index is 782. The smallest absolute Gasteiger partial charge is 0.328 e. The van der Waals surface area contributed by atoms with Crippen LogP contribution in [-0.2, 0) is 16.0 Å². The van der Waals surface area contributed by atoms with Gasteiger partial charge in [-0.3, -0.25) is 0 Å². The highest BCUT2D eigenvalue weighted by Gasteiger charge is 2.08. The summed E-state index contributed by atoms with van der Waals surface area (Å²) in [5, 5.41) is 18.1. The summed E-state index contributed by atoms with van der Waals surface area (Å²) in [4.78, 5) is 21.5. The molecule has 0 aliphatic rings. The standard InChI is InChI=1S/C17H23NO.C4H4O4/c1-13(2)18(3)12-11-14-9-10-17(19-4)16-8-6-5-7-15(14)16;5-3(6)1-2-4(7)8/h5-10,13H,11-12H2,1-4H3;1-2H,(H,5,6)(H,7,8)/b;2-1+. The lowest BCUT2D eigenvalue weighted by atomic mass is 10.0. The molecule has 6 nitrogen and oxygen atoms in total. The largest absolute Gasteiger partial charge is 0.496 e. The fraction of sp³-hybridized carbons (Fsp3) is 0.333. The van der Waals surface area contributed by atoms with E-state index in [-0.39, 0.29) is 0 Å². The second kappa shape index (κ2) is 11.0. The van der Waals surface area contributed by atoms with Crippen molar-refractivity contribution in [3.63, 3.8) is 0 Å². The number of carboxylic acids is 2. The van der Waals surface area contributed by atoms with Crippen LogP contribution >= 0.6 is 0 Å². The first kappa shape index (κ1) is 22.2. The maximum atomic E-state index is 9.55. The first-order valence-corrected chi connectivity index (χ1v) is 8.65. The molecule has 2 N–H and O–H groups in total. The molecule has 146 valence electrons. The van der Waals surface area contributed by atoms with E-state index in [9.17, 15) is 9.59 Å². The lowest BCUT2D eigenvalue weighted by molar-refractivity contribution is -0.134. The van der Waals surface area contributed by atoms with Crippen molar-refractivity contribution in [2.24, 2.45) is 0 Å². The van der Waals surface area contributed by atoms with Crippen LogP contribution in [0.15, 0.2) is 48.6 Å². The first-order valence-electron chi connectivity index (χ1n) is 8.65. The highest BCUT2D eigenvalue weighted by molar-refractivity contribution is 5.91. The minimum absolute atomic E-state index is 0.558. The number of nitrogens with zero attached hydrogens (tertiary/aromatic N) is 1. The molecular weight excluding hydrogens is 346 g/mol. The number of aliphatic carboxylic acids is 2. The number of methoxy groups -OCH3 is 1. The maximum Gasteiger partial charge on any atom is 0.328 e. The monoisotopic (exact) mass is 373 g/mol. The summed E-state index contributed by atoms with van der Waals surface area (Å²) >= 11 is 0. The van der Waals surface area contributed by atoms with Crippen molar-refractivity contribution in [3.05, 3.63) is 54.1 Å². The van der Waals surface area contributed by atoms with Crippen molar-refractivity contribution >= 4 is 22.7 Å². The molecule has 2 aromatic carbocycles. The normalized spacial score (nSPS) is 10.9. The van der Waals surface area contributed by atoms with E-state index < -0.39 is 11.9 Å². The van der Waals surface area contributed by atoms with Crippen molar-refractivity contribution in [1.82, 2.24) is 4.90 Å². The summed E-state index contributed by atoms with van der Waals surface area (Å²) < 4.78 is 5.44. The van der Waals surface area contributed by atoms with E-state index in [1.165, 1.54) is 16.3 Å². The summed E-state index contributed by atoms with van der Waals surface area (Å²) in [5.41, 5.74) is 1.39. The fourth-order valence-corrected chi connectivity index (χ4v) is 2.43. The zero-order valence-corrected chi connectivity index (χ0v) is 16.2. The van der Waals surface area contributed by atoms with Gasteiger partial charge in [-0.1, -0.05) is 30.3 Å². The van der Waals surface area contributed by atoms with Crippen LogP contribution in [0.3, 0.4) is 0 Å². The quantitative estimate of drug-likeness (QED) is 0.723. The van der Waals surface area contributed by atoms with Crippen molar-refractivity contribution < 1.29 is 24.5 Å². The zero-order chi connectivity index (χ0) is 20.4. The van der Waals surface area contributed by atoms with Gasteiger partial charge in [-0.25, -0.2) is 9.59 Å². The molecule has 0 saturated carbocycles. The number of likely N-dealkylation sites (N-methyl/N-ethyl adjacent to an activating group) is 1. The van der Waals surface area contributed by atoms with E-state index >= 15 is 0 Å². The molecule has 27 heavy (non-hydrogen) atoms. The Kier molecular flexibility index (Phi) is 9.02. The predicted molar refractivity (Wildman–Crippen MR) is 106 cm³/mol. The van der Waals surface area contributed by atoms with Gasteiger partial charge < -0.3 is 19.8 Å².